The smallest absolute Gasteiger partial charge is 0.257 e. The van der Waals surface area contributed by atoms with Crippen molar-refractivity contribution in [3.05, 3.63) is 60.3 Å². The molecule has 1 aliphatic rings. The number of carbonyl (C=O) groups is 2. The molecule has 3 aromatic rings. The lowest BCUT2D eigenvalue weighted by Gasteiger charge is -2.21. The van der Waals surface area contributed by atoms with Crippen LogP contribution in [0.1, 0.15) is 37.0 Å². The number of aromatic amines is 1. The molecule has 1 aromatic heterocycles. The summed E-state index contributed by atoms with van der Waals surface area (Å²) in [6.07, 6.45) is 3.40. The van der Waals surface area contributed by atoms with Crippen molar-refractivity contribution in [2.45, 2.75) is 32.8 Å². The van der Waals surface area contributed by atoms with Gasteiger partial charge in [-0.3, -0.25) is 14.7 Å². The normalized spacial score (nSPS) is 13.7. The molecule has 1 saturated carbocycles. The van der Waals surface area contributed by atoms with Crippen LogP contribution in [0.2, 0.25) is 0 Å². The molecule has 9 nitrogen and oxygen atoms in total. The van der Waals surface area contributed by atoms with Crippen LogP contribution >= 0.6 is 0 Å². The van der Waals surface area contributed by atoms with Gasteiger partial charge in [0.05, 0.1) is 12.8 Å². The summed E-state index contributed by atoms with van der Waals surface area (Å²) in [5.41, 5.74) is 1.14. The molecule has 0 bridgehead atoms. The van der Waals surface area contributed by atoms with Crippen LogP contribution < -0.4 is 19.7 Å². The molecule has 0 spiro atoms. The van der Waals surface area contributed by atoms with Crippen molar-refractivity contribution in [2.24, 2.45) is 5.92 Å². The Balaban J connectivity index is 1.54. The van der Waals surface area contributed by atoms with Crippen molar-refractivity contribution < 1.29 is 24.2 Å². The van der Waals surface area contributed by atoms with Crippen LogP contribution in [-0.2, 0) is 4.79 Å². The Kier molecular flexibility index (Phi) is 7.12. The van der Waals surface area contributed by atoms with Gasteiger partial charge in [-0.05, 0) is 62.1 Å². The average molecular weight is 465 g/mol. The lowest BCUT2D eigenvalue weighted by atomic mass is 10.2. The fourth-order valence-corrected chi connectivity index (χ4v) is 3.42. The van der Waals surface area contributed by atoms with Gasteiger partial charge in [0.1, 0.15) is 29.2 Å². The molecular weight excluding hydrogens is 436 g/mol. The minimum atomic E-state index is -0.456. The zero-order chi connectivity index (χ0) is 24.1. The number of anilines is 2. The second kappa shape index (κ2) is 10.4. The minimum Gasteiger partial charge on any atom is -0.488 e. The highest BCUT2D eigenvalue weighted by Crippen LogP contribution is 2.33. The zero-order valence-corrected chi connectivity index (χ0v) is 19.2. The first kappa shape index (κ1) is 23.3. The second-order valence-electron chi connectivity index (χ2n) is 8.40. The highest BCUT2D eigenvalue weighted by atomic mass is 16.5. The van der Waals surface area contributed by atoms with Gasteiger partial charge in [-0.15, -0.1) is 0 Å². The third-order valence-electron chi connectivity index (χ3n) is 5.39. The third kappa shape index (κ3) is 6.14. The molecule has 0 aliphatic heterocycles. The molecule has 3 N–H and O–H groups in total. The molecule has 4 rings (SSSR count). The van der Waals surface area contributed by atoms with Crippen LogP contribution in [0.5, 0.6) is 17.2 Å². The van der Waals surface area contributed by atoms with Crippen molar-refractivity contribution in [1.82, 2.24) is 10.2 Å². The number of H-pyrrole nitrogens is 1. The Morgan fingerprint density at radius 3 is 2.50 bits per heavy atom. The van der Waals surface area contributed by atoms with E-state index in [1.54, 1.807) is 55.1 Å². The fourth-order valence-electron chi connectivity index (χ4n) is 3.42. The lowest BCUT2D eigenvalue weighted by Crippen LogP contribution is -2.30. The number of ether oxygens (including phenoxy) is 2. The number of aliphatic hydroxyl groups excluding tert-OH is 1. The number of aromatic nitrogens is 2. The maximum atomic E-state index is 12.7. The van der Waals surface area contributed by atoms with Gasteiger partial charge in [0.2, 0.25) is 5.91 Å². The molecule has 178 valence electrons. The third-order valence-corrected chi connectivity index (χ3v) is 5.39. The summed E-state index contributed by atoms with van der Waals surface area (Å²) in [4.78, 5) is 26.6. The largest absolute Gasteiger partial charge is 0.488 e. The monoisotopic (exact) mass is 464 g/mol. The first-order valence-electron chi connectivity index (χ1n) is 11.2. The van der Waals surface area contributed by atoms with Gasteiger partial charge in [-0.1, -0.05) is 0 Å². The van der Waals surface area contributed by atoms with E-state index in [1.165, 1.54) is 6.20 Å². The number of benzene rings is 2. The molecule has 9 heteroatoms. The van der Waals surface area contributed by atoms with Gasteiger partial charge in [-0.2, -0.15) is 5.10 Å². The quantitative estimate of drug-likeness (QED) is 0.418. The summed E-state index contributed by atoms with van der Waals surface area (Å²) >= 11 is 0. The number of rotatable bonds is 10. The number of carbonyl (C=O) groups excluding carboxylic acids is 2. The number of nitrogens with zero attached hydrogens (tertiary/aromatic N) is 2. The van der Waals surface area contributed by atoms with Crippen LogP contribution in [0.15, 0.2) is 54.7 Å². The molecule has 2 aromatic carbocycles. The van der Waals surface area contributed by atoms with Gasteiger partial charge in [0, 0.05) is 36.9 Å². The van der Waals surface area contributed by atoms with Gasteiger partial charge in [0.25, 0.3) is 5.91 Å². The number of amides is 2. The molecule has 1 atom stereocenters. The number of aliphatic hydroxyl groups is 1. The van der Waals surface area contributed by atoms with Gasteiger partial charge in [0.15, 0.2) is 0 Å². The number of hydrogen-bond acceptors (Lipinski definition) is 6. The average Bonchev–Trinajstić information content (AvgIpc) is 3.50. The van der Waals surface area contributed by atoms with Gasteiger partial charge in [-0.25, -0.2) is 0 Å². The topological polar surface area (TPSA) is 117 Å². The summed E-state index contributed by atoms with van der Waals surface area (Å²) in [7, 11) is 0. The van der Waals surface area contributed by atoms with E-state index < -0.39 is 6.10 Å². The Morgan fingerprint density at radius 2 is 1.88 bits per heavy atom. The van der Waals surface area contributed by atoms with E-state index in [-0.39, 0.29) is 18.4 Å². The Bertz CT molecular complexity index is 1130. The Hall–Kier alpha value is -3.85. The molecule has 0 unspecified atom stereocenters. The van der Waals surface area contributed by atoms with E-state index >= 15 is 0 Å². The number of nitrogens with one attached hydrogen (secondary N) is 2. The summed E-state index contributed by atoms with van der Waals surface area (Å²) in [5.74, 6) is 2.00. The molecular formula is C25H28N4O5. The predicted molar refractivity (Wildman–Crippen MR) is 127 cm³/mol. The maximum Gasteiger partial charge on any atom is 0.257 e. The van der Waals surface area contributed by atoms with Crippen LogP contribution in [0, 0.1) is 5.92 Å². The Labute approximate surface area is 197 Å². The highest BCUT2D eigenvalue weighted by Gasteiger charge is 2.26. The van der Waals surface area contributed by atoms with Crippen molar-refractivity contribution in [3.8, 4) is 17.2 Å². The molecule has 0 radical (unpaired) electrons. The highest BCUT2D eigenvalue weighted by molar-refractivity contribution is 6.04. The van der Waals surface area contributed by atoms with Crippen molar-refractivity contribution in [3.63, 3.8) is 0 Å². The molecule has 2 amide bonds. The van der Waals surface area contributed by atoms with Crippen LogP contribution in [-0.4, -0.2) is 46.4 Å². The van der Waals surface area contributed by atoms with Gasteiger partial charge < -0.3 is 24.8 Å². The molecule has 1 heterocycles. The second-order valence-corrected chi connectivity index (χ2v) is 8.40. The van der Waals surface area contributed by atoms with E-state index in [2.05, 4.69) is 15.5 Å². The van der Waals surface area contributed by atoms with E-state index in [9.17, 15) is 14.7 Å². The number of hydrogen-bond donors (Lipinski definition) is 3. The fraction of sp³-hybridized carbons (Fsp3) is 0.320. The van der Waals surface area contributed by atoms with Crippen LogP contribution in [0.3, 0.4) is 0 Å². The van der Waals surface area contributed by atoms with E-state index in [4.69, 9.17) is 9.47 Å². The summed E-state index contributed by atoms with van der Waals surface area (Å²) < 4.78 is 11.7. The molecule has 1 aliphatic carbocycles. The van der Waals surface area contributed by atoms with Crippen LogP contribution in [0.25, 0.3) is 0 Å². The summed E-state index contributed by atoms with van der Waals surface area (Å²) in [6.45, 7) is 3.85. The van der Waals surface area contributed by atoms with E-state index in [0.29, 0.717) is 34.5 Å². The van der Waals surface area contributed by atoms with Crippen LogP contribution in [0.4, 0.5) is 11.5 Å². The molecule has 1 fully saturated rings. The molecule has 0 saturated heterocycles. The zero-order valence-electron chi connectivity index (χ0n) is 19.2. The first-order valence-corrected chi connectivity index (χ1v) is 11.2. The van der Waals surface area contributed by atoms with Gasteiger partial charge >= 0.3 is 0 Å². The summed E-state index contributed by atoms with van der Waals surface area (Å²) in [5, 5.41) is 18.6. The van der Waals surface area contributed by atoms with Crippen molar-refractivity contribution in [2.75, 3.05) is 23.4 Å². The SMILES string of the molecule is CC(=O)N(CC1CC1)c1ccc(Oc2cc(O[C@@H](C)CO)cc(C(=O)Nc3ccn[nH]3)c2)cc1. The minimum absolute atomic E-state index is 0.0105. The maximum absolute atomic E-state index is 12.7. The first-order chi connectivity index (χ1) is 16.4. The summed E-state index contributed by atoms with van der Waals surface area (Å²) in [6, 6.07) is 13.7. The molecule has 34 heavy (non-hydrogen) atoms. The van der Waals surface area contributed by atoms with Crippen molar-refractivity contribution >= 4 is 23.3 Å². The van der Waals surface area contributed by atoms with E-state index in [0.717, 1.165) is 25.1 Å². The Morgan fingerprint density at radius 1 is 1.15 bits per heavy atom. The standard InChI is InChI=1S/C25H28N4O5/c1-16(15-30)33-22-11-19(25(32)27-24-9-10-26-28-24)12-23(13-22)34-21-7-5-20(6-8-21)29(17(2)31)14-18-3-4-18/h5-13,16,18,30H,3-4,14-15H2,1-2H3,(H2,26,27,28,32)/t16-/m0/s1. The van der Waals surface area contributed by atoms with E-state index in [1.807, 2.05) is 12.1 Å². The predicted octanol–water partition coefficient (Wildman–Crippen LogP) is 3.98. The lowest BCUT2D eigenvalue weighted by molar-refractivity contribution is -0.116. The van der Waals surface area contributed by atoms with Crippen molar-refractivity contribution in [1.29, 1.82) is 0 Å².